The van der Waals surface area contributed by atoms with E-state index in [-0.39, 0.29) is 12.3 Å². The number of amides is 1. The van der Waals surface area contributed by atoms with Crippen molar-refractivity contribution in [1.29, 1.82) is 0 Å². The van der Waals surface area contributed by atoms with Crippen molar-refractivity contribution in [3.63, 3.8) is 0 Å². The van der Waals surface area contributed by atoms with Gasteiger partial charge >= 0.3 is 0 Å². The average molecular weight is 335 g/mol. The van der Waals surface area contributed by atoms with E-state index in [1.165, 1.54) is 6.07 Å². The molecule has 0 heterocycles. The molecular weight excluding hydrogens is 316 g/mol. The first-order valence-electron chi connectivity index (χ1n) is 7.60. The lowest BCUT2D eigenvalue weighted by Crippen LogP contribution is -2.34. The molecule has 1 amide bonds. The molecule has 24 heavy (non-hydrogen) atoms. The van der Waals surface area contributed by atoms with Gasteiger partial charge in [-0.2, -0.15) is 0 Å². The molecule has 2 rings (SSSR count). The summed E-state index contributed by atoms with van der Waals surface area (Å²) in [4.78, 5) is 12.4. The standard InChI is InChI=1S/C18H19F2NO3/c1-12(22)9-10-21-18(23)17(13-5-3-2-4-6-13)24-14-7-8-15(19)16(20)11-14/h2-8,11-12,17,22H,9-10H2,1H3,(H,21,23). The molecule has 0 aromatic heterocycles. The Morgan fingerprint density at radius 2 is 1.88 bits per heavy atom. The maximum absolute atomic E-state index is 13.3. The van der Waals surface area contributed by atoms with Crippen LogP contribution in [0.15, 0.2) is 48.5 Å². The van der Waals surface area contributed by atoms with Crippen molar-refractivity contribution in [1.82, 2.24) is 5.32 Å². The fraction of sp³-hybridized carbons (Fsp3) is 0.278. The summed E-state index contributed by atoms with van der Waals surface area (Å²) in [7, 11) is 0. The summed E-state index contributed by atoms with van der Waals surface area (Å²) in [5.74, 6) is -2.41. The second kappa shape index (κ2) is 8.40. The van der Waals surface area contributed by atoms with E-state index < -0.39 is 29.7 Å². The van der Waals surface area contributed by atoms with Crippen LogP contribution in [0.5, 0.6) is 5.75 Å². The van der Waals surface area contributed by atoms with Crippen molar-refractivity contribution in [2.75, 3.05) is 6.54 Å². The summed E-state index contributed by atoms with van der Waals surface area (Å²) in [6.07, 6.45) is -1.14. The van der Waals surface area contributed by atoms with Gasteiger partial charge in [0.2, 0.25) is 6.10 Å². The molecule has 0 bridgehead atoms. The van der Waals surface area contributed by atoms with Gasteiger partial charge in [0.1, 0.15) is 5.75 Å². The van der Waals surface area contributed by atoms with Gasteiger partial charge < -0.3 is 15.2 Å². The number of hydrogen-bond donors (Lipinski definition) is 2. The molecule has 2 atom stereocenters. The van der Waals surface area contributed by atoms with Crippen LogP contribution in [0.3, 0.4) is 0 Å². The molecule has 0 radical (unpaired) electrons. The van der Waals surface area contributed by atoms with Crippen LogP contribution in [-0.4, -0.2) is 23.7 Å². The third-order valence-corrected chi connectivity index (χ3v) is 3.35. The average Bonchev–Trinajstić information content (AvgIpc) is 2.56. The van der Waals surface area contributed by atoms with E-state index in [2.05, 4.69) is 5.32 Å². The molecule has 2 aromatic rings. The molecule has 2 unspecified atom stereocenters. The largest absolute Gasteiger partial charge is 0.476 e. The number of carbonyl (C=O) groups excluding carboxylic acids is 1. The Bertz CT molecular complexity index is 677. The van der Waals surface area contributed by atoms with Crippen molar-refractivity contribution in [3.8, 4) is 5.75 Å². The van der Waals surface area contributed by atoms with E-state index in [9.17, 15) is 18.7 Å². The Morgan fingerprint density at radius 3 is 2.50 bits per heavy atom. The van der Waals surface area contributed by atoms with E-state index in [0.717, 1.165) is 12.1 Å². The highest BCUT2D eigenvalue weighted by atomic mass is 19.2. The van der Waals surface area contributed by atoms with Crippen molar-refractivity contribution in [2.45, 2.75) is 25.6 Å². The van der Waals surface area contributed by atoms with Gasteiger partial charge in [-0.1, -0.05) is 30.3 Å². The Kier molecular flexibility index (Phi) is 6.26. The van der Waals surface area contributed by atoms with Gasteiger partial charge in [-0.05, 0) is 25.5 Å². The van der Waals surface area contributed by atoms with Gasteiger partial charge in [0.05, 0.1) is 6.10 Å². The Balaban J connectivity index is 2.16. The summed E-state index contributed by atoms with van der Waals surface area (Å²) in [6, 6.07) is 11.8. The van der Waals surface area contributed by atoms with Crippen LogP contribution in [0.25, 0.3) is 0 Å². The molecular formula is C18H19F2NO3. The molecule has 0 saturated heterocycles. The van der Waals surface area contributed by atoms with Crippen molar-refractivity contribution >= 4 is 5.91 Å². The number of halogens is 2. The SMILES string of the molecule is CC(O)CCNC(=O)C(Oc1ccc(F)c(F)c1)c1ccccc1. The predicted octanol–water partition coefficient (Wildman–Crippen LogP) is 2.97. The highest BCUT2D eigenvalue weighted by Gasteiger charge is 2.23. The summed E-state index contributed by atoms with van der Waals surface area (Å²) in [5.41, 5.74) is 0.580. The molecule has 0 aliphatic carbocycles. The maximum atomic E-state index is 13.3. The van der Waals surface area contributed by atoms with Gasteiger partial charge in [-0.25, -0.2) is 8.78 Å². The predicted molar refractivity (Wildman–Crippen MR) is 85.5 cm³/mol. The fourth-order valence-corrected chi connectivity index (χ4v) is 2.08. The summed E-state index contributed by atoms with van der Waals surface area (Å²) in [6.45, 7) is 1.90. The zero-order valence-corrected chi connectivity index (χ0v) is 13.2. The number of carbonyl (C=O) groups is 1. The first kappa shape index (κ1) is 17.9. The van der Waals surface area contributed by atoms with Crippen molar-refractivity contribution < 1.29 is 23.4 Å². The van der Waals surface area contributed by atoms with Gasteiger partial charge in [0.25, 0.3) is 5.91 Å². The monoisotopic (exact) mass is 335 g/mol. The Labute approximate surface area is 139 Å². The number of rotatable bonds is 7. The Hall–Kier alpha value is -2.47. The van der Waals surface area contributed by atoms with Crippen LogP contribution in [0, 0.1) is 11.6 Å². The topological polar surface area (TPSA) is 58.6 Å². The van der Waals surface area contributed by atoms with E-state index in [4.69, 9.17) is 4.74 Å². The number of hydrogen-bond acceptors (Lipinski definition) is 3. The zero-order valence-electron chi connectivity index (χ0n) is 13.2. The molecule has 2 N–H and O–H groups in total. The smallest absolute Gasteiger partial charge is 0.265 e. The third kappa shape index (κ3) is 5.03. The van der Waals surface area contributed by atoms with Crippen LogP contribution in [0.2, 0.25) is 0 Å². The molecule has 0 aliphatic rings. The molecule has 4 nitrogen and oxygen atoms in total. The third-order valence-electron chi connectivity index (χ3n) is 3.35. The van der Waals surface area contributed by atoms with Crippen molar-refractivity contribution in [2.24, 2.45) is 0 Å². The van der Waals surface area contributed by atoms with Gasteiger partial charge in [-0.3, -0.25) is 4.79 Å². The minimum Gasteiger partial charge on any atom is -0.476 e. The molecule has 2 aromatic carbocycles. The van der Waals surface area contributed by atoms with E-state index in [1.807, 2.05) is 0 Å². The highest BCUT2D eigenvalue weighted by Crippen LogP contribution is 2.24. The van der Waals surface area contributed by atoms with Crippen LogP contribution >= 0.6 is 0 Å². The van der Waals surface area contributed by atoms with E-state index >= 15 is 0 Å². The number of nitrogens with one attached hydrogen (secondary N) is 1. The molecule has 0 aliphatic heterocycles. The van der Waals surface area contributed by atoms with Gasteiger partial charge in [0.15, 0.2) is 11.6 Å². The Morgan fingerprint density at radius 1 is 1.17 bits per heavy atom. The first-order chi connectivity index (χ1) is 11.5. The number of aliphatic hydroxyl groups excluding tert-OH is 1. The van der Waals surface area contributed by atoms with Crippen LogP contribution < -0.4 is 10.1 Å². The maximum Gasteiger partial charge on any atom is 0.265 e. The number of aliphatic hydroxyl groups is 1. The second-order valence-corrected chi connectivity index (χ2v) is 5.41. The molecule has 0 saturated carbocycles. The lowest BCUT2D eigenvalue weighted by atomic mass is 10.1. The summed E-state index contributed by atoms with van der Waals surface area (Å²) in [5, 5.41) is 11.9. The van der Waals surface area contributed by atoms with Gasteiger partial charge in [0, 0.05) is 18.2 Å². The number of benzene rings is 2. The minimum atomic E-state index is -1.05. The second-order valence-electron chi connectivity index (χ2n) is 5.41. The van der Waals surface area contributed by atoms with Gasteiger partial charge in [-0.15, -0.1) is 0 Å². The van der Waals surface area contributed by atoms with Crippen LogP contribution in [0.4, 0.5) is 8.78 Å². The normalized spacial score (nSPS) is 13.2. The molecule has 128 valence electrons. The highest BCUT2D eigenvalue weighted by molar-refractivity contribution is 5.82. The lowest BCUT2D eigenvalue weighted by Gasteiger charge is -2.19. The quantitative estimate of drug-likeness (QED) is 0.818. The van der Waals surface area contributed by atoms with Crippen LogP contribution in [0.1, 0.15) is 25.0 Å². The summed E-state index contributed by atoms with van der Waals surface area (Å²) < 4.78 is 31.9. The first-order valence-corrected chi connectivity index (χ1v) is 7.60. The van der Waals surface area contributed by atoms with E-state index in [1.54, 1.807) is 37.3 Å². The van der Waals surface area contributed by atoms with E-state index in [0.29, 0.717) is 12.0 Å². The fourth-order valence-electron chi connectivity index (χ4n) is 2.08. The zero-order chi connectivity index (χ0) is 17.5. The summed E-state index contributed by atoms with van der Waals surface area (Å²) >= 11 is 0. The van der Waals surface area contributed by atoms with Crippen LogP contribution in [-0.2, 0) is 4.79 Å². The lowest BCUT2D eigenvalue weighted by molar-refractivity contribution is -0.128. The van der Waals surface area contributed by atoms with Crippen molar-refractivity contribution in [3.05, 3.63) is 65.7 Å². The minimum absolute atomic E-state index is 0.0495. The molecule has 0 spiro atoms. The molecule has 6 heteroatoms. The number of ether oxygens (including phenoxy) is 1. The molecule has 0 fully saturated rings.